The van der Waals surface area contributed by atoms with Crippen molar-refractivity contribution in [3.05, 3.63) is 59.7 Å². The average Bonchev–Trinajstić information content (AvgIpc) is 3.58. The molecule has 3 unspecified atom stereocenters. The van der Waals surface area contributed by atoms with Gasteiger partial charge in [-0.15, -0.1) is 0 Å². The van der Waals surface area contributed by atoms with E-state index in [1.54, 1.807) is 0 Å². The van der Waals surface area contributed by atoms with Crippen molar-refractivity contribution >= 4 is 11.9 Å². The molecule has 0 aromatic heterocycles. The molecule has 0 saturated carbocycles. The molecule has 218 valence electrons. The van der Waals surface area contributed by atoms with Crippen LogP contribution in [0.25, 0.3) is 0 Å². The summed E-state index contributed by atoms with van der Waals surface area (Å²) in [5, 5.41) is 3.57. The number of fused-ring (bicyclic) bond motifs is 1. The normalized spacial score (nSPS) is 20.0. The highest BCUT2D eigenvalue weighted by Gasteiger charge is 2.48. The largest absolute Gasteiger partial charge is 0.466 e. The van der Waals surface area contributed by atoms with Crippen LogP contribution >= 0.6 is 0 Å². The van der Waals surface area contributed by atoms with Gasteiger partial charge in [0.1, 0.15) is 0 Å². The summed E-state index contributed by atoms with van der Waals surface area (Å²) in [6.07, 6.45) is 4.07. The minimum atomic E-state index is -0.420. The quantitative estimate of drug-likeness (QED) is 0.325. The van der Waals surface area contributed by atoms with Gasteiger partial charge >= 0.3 is 5.97 Å². The molecule has 1 N–H and O–H groups in total. The monoisotopic (exact) mass is 551 g/mol. The average molecular weight is 552 g/mol. The molecule has 4 rings (SSSR count). The number of rotatable bonds is 15. The van der Waals surface area contributed by atoms with Gasteiger partial charge in [-0.2, -0.15) is 0 Å². The third-order valence-electron chi connectivity index (χ3n) is 7.91. The van der Waals surface area contributed by atoms with Gasteiger partial charge in [-0.1, -0.05) is 63.1 Å². The molecule has 1 fully saturated rings. The van der Waals surface area contributed by atoms with Gasteiger partial charge < -0.3 is 24.4 Å². The number of hydrogen-bond acceptors (Lipinski definition) is 7. The van der Waals surface area contributed by atoms with E-state index >= 15 is 0 Å². The number of unbranched alkanes of at least 4 members (excludes halogenated alkanes) is 2. The molecule has 0 aliphatic carbocycles. The van der Waals surface area contributed by atoms with Crippen LogP contribution in [0.5, 0.6) is 11.5 Å². The Labute approximate surface area is 239 Å². The standard InChI is InChI=1S/C32H45N3O5/c1-4-7-16-34(17-8-5-2)30(36)22-35-21-26(25-14-15-28-29(18-25)40-23-39-28)31(32(37)38-6-3)27(35)20-33-19-24-12-10-9-11-13-24/h9-15,18,26-27,31,33H,4-8,16-17,19-23H2,1-3H3. The van der Waals surface area contributed by atoms with Crippen molar-refractivity contribution in [2.75, 3.05) is 46.1 Å². The summed E-state index contributed by atoms with van der Waals surface area (Å²) in [4.78, 5) is 31.4. The Hall–Kier alpha value is -3.10. The first-order chi connectivity index (χ1) is 19.5. The number of likely N-dealkylation sites (tertiary alicyclic amines) is 1. The highest BCUT2D eigenvalue weighted by Crippen LogP contribution is 2.42. The SMILES string of the molecule is CCCCN(CCCC)C(=O)CN1CC(c2ccc3c(c2)OCO3)C(C(=O)OCC)C1CNCc1ccccc1. The fourth-order valence-electron chi connectivity index (χ4n) is 5.74. The Morgan fingerprint density at radius 2 is 1.73 bits per heavy atom. The van der Waals surface area contributed by atoms with Crippen LogP contribution in [0.15, 0.2) is 48.5 Å². The highest BCUT2D eigenvalue weighted by molar-refractivity contribution is 5.79. The minimum absolute atomic E-state index is 0.129. The summed E-state index contributed by atoms with van der Waals surface area (Å²) in [5.74, 6) is 0.758. The van der Waals surface area contributed by atoms with E-state index in [-0.39, 0.29) is 37.2 Å². The molecule has 8 heteroatoms. The maximum Gasteiger partial charge on any atom is 0.311 e. The predicted octanol–water partition coefficient (Wildman–Crippen LogP) is 4.58. The number of nitrogens with one attached hydrogen (secondary N) is 1. The van der Waals surface area contributed by atoms with Gasteiger partial charge in [-0.3, -0.25) is 14.5 Å². The van der Waals surface area contributed by atoms with Gasteiger partial charge in [0, 0.05) is 44.7 Å². The van der Waals surface area contributed by atoms with E-state index in [0.717, 1.165) is 44.3 Å². The molecular weight excluding hydrogens is 506 g/mol. The summed E-state index contributed by atoms with van der Waals surface area (Å²) in [5.41, 5.74) is 2.17. The number of hydrogen-bond donors (Lipinski definition) is 1. The number of carbonyl (C=O) groups is 2. The Morgan fingerprint density at radius 3 is 2.42 bits per heavy atom. The molecular formula is C32H45N3O5. The van der Waals surface area contributed by atoms with E-state index in [1.165, 1.54) is 5.56 Å². The molecule has 0 spiro atoms. The smallest absolute Gasteiger partial charge is 0.311 e. The zero-order valence-electron chi connectivity index (χ0n) is 24.3. The van der Waals surface area contributed by atoms with Crippen LogP contribution in [0.2, 0.25) is 0 Å². The molecule has 2 aliphatic rings. The summed E-state index contributed by atoms with van der Waals surface area (Å²) >= 11 is 0. The van der Waals surface area contributed by atoms with Gasteiger partial charge in [0.15, 0.2) is 11.5 Å². The number of ether oxygens (including phenoxy) is 3. The Morgan fingerprint density at radius 1 is 1.00 bits per heavy atom. The summed E-state index contributed by atoms with van der Waals surface area (Å²) in [6, 6.07) is 15.9. The molecule has 3 atom stereocenters. The van der Waals surface area contributed by atoms with E-state index in [2.05, 4.69) is 36.2 Å². The van der Waals surface area contributed by atoms with Crippen LogP contribution in [0.4, 0.5) is 0 Å². The zero-order chi connectivity index (χ0) is 28.3. The molecule has 2 aliphatic heterocycles. The van der Waals surface area contributed by atoms with E-state index in [0.29, 0.717) is 37.7 Å². The first-order valence-electron chi connectivity index (χ1n) is 14.9. The molecule has 8 nitrogen and oxygen atoms in total. The van der Waals surface area contributed by atoms with Crippen molar-refractivity contribution < 1.29 is 23.8 Å². The fourth-order valence-corrected chi connectivity index (χ4v) is 5.74. The van der Waals surface area contributed by atoms with E-state index in [9.17, 15) is 9.59 Å². The summed E-state index contributed by atoms with van der Waals surface area (Å²) in [7, 11) is 0. The zero-order valence-corrected chi connectivity index (χ0v) is 24.3. The molecule has 40 heavy (non-hydrogen) atoms. The number of carbonyl (C=O) groups excluding carboxylic acids is 2. The first-order valence-corrected chi connectivity index (χ1v) is 14.9. The second-order valence-electron chi connectivity index (χ2n) is 10.7. The Kier molecular flexibility index (Phi) is 11.2. The maximum absolute atomic E-state index is 13.7. The molecule has 1 amide bonds. The lowest BCUT2D eigenvalue weighted by atomic mass is 9.85. The number of esters is 1. The molecule has 0 radical (unpaired) electrons. The van der Waals surface area contributed by atoms with Crippen LogP contribution in [0.1, 0.15) is 63.5 Å². The van der Waals surface area contributed by atoms with Crippen LogP contribution in [-0.4, -0.2) is 73.8 Å². The molecule has 0 bridgehead atoms. The second kappa shape index (κ2) is 15.1. The van der Waals surface area contributed by atoms with Gasteiger partial charge in [-0.25, -0.2) is 0 Å². The van der Waals surface area contributed by atoms with Crippen LogP contribution in [0, 0.1) is 5.92 Å². The Balaban J connectivity index is 1.60. The first kappa shape index (κ1) is 29.9. The lowest BCUT2D eigenvalue weighted by molar-refractivity contribution is -0.149. The molecule has 2 heterocycles. The molecule has 1 saturated heterocycles. The number of nitrogens with zero attached hydrogens (tertiary/aromatic N) is 2. The fraction of sp³-hybridized carbons (Fsp3) is 0.562. The molecule has 2 aromatic rings. The molecule has 2 aromatic carbocycles. The Bertz CT molecular complexity index is 1090. The second-order valence-corrected chi connectivity index (χ2v) is 10.7. The van der Waals surface area contributed by atoms with Crippen LogP contribution in [-0.2, 0) is 20.9 Å². The minimum Gasteiger partial charge on any atom is -0.466 e. The summed E-state index contributed by atoms with van der Waals surface area (Å²) in [6.45, 7) is 10.3. The van der Waals surface area contributed by atoms with Crippen molar-refractivity contribution in [2.45, 2.75) is 65.0 Å². The predicted molar refractivity (Wildman–Crippen MR) is 155 cm³/mol. The number of benzene rings is 2. The van der Waals surface area contributed by atoms with E-state index in [4.69, 9.17) is 14.2 Å². The third-order valence-corrected chi connectivity index (χ3v) is 7.91. The van der Waals surface area contributed by atoms with E-state index in [1.807, 2.05) is 48.2 Å². The van der Waals surface area contributed by atoms with Crippen molar-refractivity contribution in [2.24, 2.45) is 5.92 Å². The number of amides is 1. The maximum atomic E-state index is 13.7. The van der Waals surface area contributed by atoms with Crippen LogP contribution < -0.4 is 14.8 Å². The van der Waals surface area contributed by atoms with Gasteiger partial charge in [-0.05, 0) is 43.0 Å². The van der Waals surface area contributed by atoms with Crippen molar-refractivity contribution in [1.29, 1.82) is 0 Å². The third kappa shape index (κ3) is 7.55. The van der Waals surface area contributed by atoms with Gasteiger partial charge in [0.25, 0.3) is 0 Å². The van der Waals surface area contributed by atoms with E-state index < -0.39 is 5.92 Å². The topological polar surface area (TPSA) is 80.3 Å². The highest BCUT2D eigenvalue weighted by atomic mass is 16.7. The van der Waals surface area contributed by atoms with Crippen molar-refractivity contribution in [1.82, 2.24) is 15.1 Å². The lowest BCUT2D eigenvalue weighted by Crippen LogP contribution is -2.48. The summed E-state index contributed by atoms with van der Waals surface area (Å²) < 4.78 is 16.8. The van der Waals surface area contributed by atoms with Crippen molar-refractivity contribution in [3.8, 4) is 11.5 Å². The van der Waals surface area contributed by atoms with Crippen LogP contribution in [0.3, 0.4) is 0 Å². The lowest BCUT2D eigenvalue weighted by Gasteiger charge is -2.30. The van der Waals surface area contributed by atoms with Gasteiger partial charge in [0.05, 0.1) is 19.1 Å². The van der Waals surface area contributed by atoms with Gasteiger partial charge in [0.2, 0.25) is 12.7 Å². The van der Waals surface area contributed by atoms with Crippen molar-refractivity contribution in [3.63, 3.8) is 0 Å².